The summed E-state index contributed by atoms with van der Waals surface area (Å²) in [5, 5.41) is 14.8. The molecule has 8 nitrogen and oxygen atoms in total. The van der Waals surface area contributed by atoms with Crippen LogP contribution in [0.25, 0.3) is 0 Å². The van der Waals surface area contributed by atoms with Gasteiger partial charge >= 0.3 is 5.97 Å². The predicted molar refractivity (Wildman–Crippen MR) is 151 cm³/mol. The number of rotatable bonds is 10. The molecular formula is C30H30N2O6S. The second kappa shape index (κ2) is 13.0. The van der Waals surface area contributed by atoms with Gasteiger partial charge in [-0.2, -0.15) is 0 Å². The summed E-state index contributed by atoms with van der Waals surface area (Å²) in [6.45, 7) is 0. The van der Waals surface area contributed by atoms with Gasteiger partial charge in [-0.1, -0.05) is 48.6 Å². The van der Waals surface area contributed by atoms with Crippen LogP contribution >= 0.6 is 11.8 Å². The number of carboxylic acid groups (broad SMARTS) is 1. The van der Waals surface area contributed by atoms with Gasteiger partial charge in [0.1, 0.15) is 16.7 Å². The summed E-state index contributed by atoms with van der Waals surface area (Å²) in [6, 6.07) is 21.8. The standard InChI is InChI=1S/C30H30N2O6S/c1-37-22-15-21(16-23(18-22)38-2)32-29(34)27(19-9-4-3-5-10-19)39-24-12-8-11-20(17-24)31-28(33)25-13-6-7-14-26(25)30(35)36/h3-12,15-18,25-27H,13-14H2,1-2H3,(H,31,33)(H,32,34)(H,35,36). The minimum Gasteiger partial charge on any atom is -0.497 e. The Morgan fingerprint density at radius 3 is 2.13 bits per heavy atom. The number of ether oxygens (including phenoxy) is 2. The van der Waals surface area contributed by atoms with Gasteiger partial charge in [0.05, 0.1) is 26.1 Å². The number of allylic oxidation sites excluding steroid dienone is 2. The minimum absolute atomic E-state index is 0.241. The van der Waals surface area contributed by atoms with Gasteiger partial charge in [0.25, 0.3) is 0 Å². The van der Waals surface area contributed by atoms with Crippen molar-refractivity contribution in [2.24, 2.45) is 11.8 Å². The highest BCUT2D eigenvalue weighted by Crippen LogP contribution is 2.38. The number of amides is 2. The maximum absolute atomic E-state index is 13.5. The van der Waals surface area contributed by atoms with Crippen LogP contribution in [0.5, 0.6) is 11.5 Å². The first-order chi connectivity index (χ1) is 18.9. The topological polar surface area (TPSA) is 114 Å². The molecule has 0 fully saturated rings. The lowest BCUT2D eigenvalue weighted by atomic mass is 9.82. The lowest BCUT2D eigenvalue weighted by molar-refractivity contribution is -0.146. The summed E-state index contributed by atoms with van der Waals surface area (Å²) in [7, 11) is 3.09. The van der Waals surface area contributed by atoms with Gasteiger partial charge in [0.15, 0.2) is 0 Å². The summed E-state index contributed by atoms with van der Waals surface area (Å²) >= 11 is 1.34. The van der Waals surface area contributed by atoms with Crippen molar-refractivity contribution >= 4 is 40.9 Å². The molecule has 202 valence electrons. The molecule has 0 aliphatic heterocycles. The molecule has 4 rings (SSSR count). The summed E-state index contributed by atoms with van der Waals surface area (Å²) in [5.41, 5.74) is 1.88. The molecule has 3 unspecified atom stereocenters. The number of hydrogen-bond donors (Lipinski definition) is 3. The second-order valence-electron chi connectivity index (χ2n) is 9.01. The molecule has 3 aromatic carbocycles. The first kappa shape index (κ1) is 27.8. The van der Waals surface area contributed by atoms with E-state index in [1.807, 2.05) is 42.5 Å². The van der Waals surface area contributed by atoms with Crippen LogP contribution in [0, 0.1) is 11.8 Å². The molecule has 0 aromatic heterocycles. The number of carboxylic acids is 1. The van der Waals surface area contributed by atoms with Gasteiger partial charge in [-0.3, -0.25) is 14.4 Å². The summed E-state index contributed by atoms with van der Waals surface area (Å²) in [6.07, 6.45) is 4.35. The maximum atomic E-state index is 13.5. The number of methoxy groups -OCH3 is 2. The molecule has 0 saturated heterocycles. The van der Waals surface area contributed by atoms with E-state index in [0.717, 1.165) is 10.5 Å². The Kier molecular flexibility index (Phi) is 9.27. The molecule has 3 atom stereocenters. The van der Waals surface area contributed by atoms with E-state index in [1.54, 1.807) is 56.7 Å². The molecule has 0 bridgehead atoms. The molecule has 2 amide bonds. The van der Waals surface area contributed by atoms with Crippen molar-refractivity contribution < 1.29 is 29.0 Å². The van der Waals surface area contributed by atoms with Gasteiger partial charge in [-0.15, -0.1) is 11.8 Å². The summed E-state index contributed by atoms with van der Waals surface area (Å²) in [5.74, 6) is -1.85. The molecule has 1 aliphatic carbocycles. The lowest BCUT2D eigenvalue weighted by Gasteiger charge is -2.24. The Hall–Kier alpha value is -4.24. The summed E-state index contributed by atoms with van der Waals surface area (Å²) < 4.78 is 10.6. The van der Waals surface area contributed by atoms with Crippen molar-refractivity contribution in [2.45, 2.75) is 23.0 Å². The van der Waals surface area contributed by atoms with Gasteiger partial charge in [0, 0.05) is 34.5 Å². The zero-order chi connectivity index (χ0) is 27.8. The van der Waals surface area contributed by atoms with Crippen LogP contribution in [0.3, 0.4) is 0 Å². The largest absolute Gasteiger partial charge is 0.497 e. The van der Waals surface area contributed by atoms with Crippen LogP contribution in [0.15, 0.2) is 89.8 Å². The first-order valence-electron chi connectivity index (χ1n) is 12.4. The minimum atomic E-state index is -0.978. The first-order valence-corrected chi connectivity index (χ1v) is 13.3. The fraction of sp³-hybridized carbons (Fsp3) is 0.233. The quantitative estimate of drug-likeness (QED) is 0.218. The van der Waals surface area contributed by atoms with Crippen LogP contribution in [0.1, 0.15) is 23.7 Å². The molecule has 3 N–H and O–H groups in total. The van der Waals surface area contributed by atoms with Crippen LogP contribution in [-0.2, 0) is 14.4 Å². The molecular weight excluding hydrogens is 516 g/mol. The number of nitrogens with one attached hydrogen (secondary N) is 2. The van der Waals surface area contributed by atoms with Crippen molar-refractivity contribution in [3.8, 4) is 11.5 Å². The van der Waals surface area contributed by atoms with Gasteiger partial charge < -0.3 is 25.2 Å². The molecule has 0 radical (unpaired) electrons. The van der Waals surface area contributed by atoms with E-state index >= 15 is 0 Å². The molecule has 0 saturated carbocycles. The normalized spacial score (nSPS) is 17.1. The second-order valence-corrected chi connectivity index (χ2v) is 10.2. The number of carbonyl (C=O) groups excluding carboxylic acids is 2. The Balaban J connectivity index is 1.54. The highest BCUT2D eigenvalue weighted by atomic mass is 32.2. The Labute approximate surface area is 231 Å². The van der Waals surface area contributed by atoms with Gasteiger partial charge in [-0.25, -0.2) is 0 Å². The van der Waals surface area contributed by atoms with Crippen LogP contribution < -0.4 is 20.1 Å². The average Bonchev–Trinajstić information content (AvgIpc) is 2.96. The van der Waals surface area contributed by atoms with E-state index in [2.05, 4.69) is 10.6 Å². The number of anilines is 2. The summed E-state index contributed by atoms with van der Waals surface area (Å²) in [4.78, 5) is 38.9. The van der Waals surface area contributed by atoms with Crippen molar-refractivity contribution in [2.75, 3.05) is 24.9 Å². The molecule has 3 aromatic rings. The van der Waals surface area contributed by atoms with E-state index < -0.39 is 23.1 Å². The molecule has 0 spiro atoms. The van der Waals surface area contributed by atoms with Crippen LogP contribution in [-0.4, -0.2) is 37.1 Å². The SMILES string of the molecule is COc1cc(NC(=O)C(Sc2cccc(NC(=O)C3CC=CCC3C(=O)O)c2)c2ccccc2)cc(OC)c1. The third kappa shape index (κ3) is 7.20. The number of benzene rings is 3. The number of carbonyl (C=O) groups is 3. The molecule has 0 heterocycles. The average molecular weight is 547 g/mol. The van der Waals surface area contributed by atoms with Gasteiger partial charge in [0.2, 0.25) is 11.8 Å². The Bertz CT molecular complexity index is 1340. The highest BCUT2D eigenvalue weighted by molar-refractivity contribution is 8.00. The van der Waals surface area contributed by atoms with E-state index in [4.69, 9.17) is 9.47 Å². The zero-order valence-electron chi connectivity index (χ0n) is 21.6. The predicted octanol–water partition coefficient (Wildman–Crippen LogP) is 5.78. The number of hydrogen-bond acceptors (Lipinski definition) is 6. The van der Waals surface area contributed by atoms with Crippen molar-refractivity contribution in [3.63, 3.8) is 0 Å². The lowest BCUT2D eigenvalue weighted by Crippen LogP contribution is -2.34. The van der Waals surface area contributed by atoms with Crippen molar-refractivity contribution in [1.82, 2.24) is 0 Å². The zero-order valence-corrected chi connectivity index (χ0v) is 22.4. The number of thioether (sulfide) groups is 1. The number of aliphatic carboxylic acids is 1. The van der Waals surface area contributed by atoms with Gasteiger partial charge in [-0.05, 0) is 36.6 Å². The fourth-order valence-corrected chi connectivity index (χ4v) is 5.47. The highest BCUT2D eigenvalue weighted by Gasteiger charge is 2.34. The molecule has 39 heavy (non-hydrogen) atoms. The Morgan fingerprint density at radius 2 is 1.49 bits per heavy atom. The van der Waals surface area contributed by atoms with Crippen molar-refractivity contribution in [1.29, 1.82) is 0 Å². The molecule has 1 aliphatic rings. The third-order valence-electron chi connectivity index (χ3n) is 6.40. The smallest absolute Gasteiger partial charge is 0.307 e. The molecule has 9 heteroatoms. The monoisotopic (exact) mass is 546 g/mol. The maximum Gasteiger partial charge on any atom is 0.307 e. The van der Waals surface area contributed by atoms with Crippen molar-refractivity contribution in [3.05, 3.63) is 90.5 Å². The Morgan fingerprint density at radius 1 is 0.821 bits per heavy atom. The van der Waals surface area contributed by atoms with Crippen LogP contribution in [0.2, 0.25) is 0 Å². The fourth-order valence-electron chi connectivity index (χ4n) is 4.38. The van der Waals surface area contributed by atoms with Crippen LogP contribution in [0.4, 0.5) is 11.4 Å². The van der Waals surface area contributed by atoms with E-state index in [9.17, 15) is 19.5 Å². The van der Waals surface area contributed by atoms with E-state index in [1.165, 1.54) is 11.8 Å². The van der Waals surface area contributed by atoms with E-state index in [-0.39, 0.29) is 11.8 Å². The third-order valence-corrected chi connectivity index (χ3v) is 7.65. The van der Waals surface area contributed by atoms with E-state index in [0.29, 0.717) is 35.7 Å².